The van der Waals surface area contributed by atoms with Crippen LogP contribution in [0.3, 0.4) is 0 Å². The van der Waals surface area contributed by atoms with E-state index in [0.717, 1.165) is 18.4 Å². The summed E-state index contributed by atoms with van der Waals surface area (Å²) in [7, 11) is 0. The largest absolute Gasteiger partial charge is 0.317 e. The second-order valence-electron chi connectivity index (χ2n) is 6.66. The molecule has 2 aliphatic rings. The normalized spacial score (nSPS) is 25.7. The molecular weight excluding hydrogens is 244 g/mol. The van der Waals surface area contributed by atoms with Gasteiger partial charge < -0.3 is 5.32 Å². The van der Waals surface area contributed by atoms with E-state index in [4.69, 9.17) is 0 Å². The van der Waals surface area contributed by atoms with Gasteiger partial charge in [0.1, 0.15) is 0 Å². The number of nitrogens with zero attached hydrogens (tertiary/aromatic N) is 1. The fraction of sp³-hybridized carbons (Fsp3) is 0.667. The molecule has 1 aromatic carbocycles. The van der Waals surface area contributed by atoms with Gasteiger partial charge in [-0.25, -0.2) is 0 Å². The summed E-state index contributed by atoms with van der Waals surface area (Å²) < 4.78 is 0. The third-order valence-corrected chi connectivity index (χ3v) is 4.98. The Hall–Kier alpha value is -0.860. The molecule has 2 saturated heterocycles. The minimum Gasteiger partial charge on any atom is -0.317 e. The van der Waals surface area contributed by atoms with Gasteiger partial charge in [-0.15, -0.1) is 0 Å². The summed E-state index contributed by atoms with van der Waals surface area (Å²) in [5.41, 5.74) is 1.47. The van der Waals surface area contributed by atoms with Crippen molar-refractivity contribution in [2.24, 2.45) is 11.8 Å². The Morgan fingerprint density at radius 3 is 2.60 bits per heavy atom. The zero-order valence-electron chi connectivity index (χ0n) is 12.6. The summed E-state index contributed by atoms with van der Waals surface area (Å²) in [5.74, 6) is 1.92. The fourth-order valence-electron chi connectivity index (χ4n) is 3.92. The average molecular weight is 272 g/mol. The molecule has 0 aliphatic carbocycles. The molecule has 0 saturated carbocycles. The van der Waals surface area contributed by atoms with Crippen molar-refractivity contribution in [1.82, 2.24) is 10.2 Å². The van der Waals surface area contributed by atoms with Crippen LogP contribution in [0.15, 0.2) is 30.3 Å². The molecule has 1 unspecified atom stereocenters. The van der Waals surface area contributed by atoms with Gasteiger partial charge in [-0.05, 0) is 69.1 Å². The van der Waals surface area contributed by atoms with Crippen molar-refractivity contribution in [3.05, 3.63) is 35.9 Å². The quantitative estimate of drug-likeness (QED) is 0.905. The van der Waals surface area contributed by atoms with Gasteiger partial charge in [-0.2, -0.15) is 0 Å². The van der Waals surface area contributed by atoms with Crippen LogP contribution in [0.25, 0.3) is 0 Å². The maximum absolute atomic E-state index is 3.48. The van der Waals surface area contributed by atoms with Gasteiger partial charge in [-0.1, -0.05) is 30.3 Å². The van der Waals surface area contributed by atoms with Crippen LogP contribution < -0.4 is 5.32 Å². The molecule has 2 fully saturated rings. The predicted molar refractivity (Wildman–Crippen MR) is 84.7 cm³/mol. The van der Waals surface area contributed by atoms with Crippen LogP contribution in [0.5, 0.6) is 0 Å². The Morgan fingerprint density at radius 1 is 1.00 bits per heavy atom. The monoisotopic (exact) mass is 272 g/mol. The smallest absolute Gasteiger partial charge is 0.0233 e. The summed E-state index contributed by atoms with van der Waals surface area (Å²) >= 11 is 0. The topological polar surface area (TPSA) is 15.3 Å². The molecule has 0 amide bonds. The first-order chi connectivity index (χ1) is 9.90. The highest BCUT2D eigenvalue weighted by Gasteiger charge is 2.23. The first kappa shape index (κ1) is 14.1. The Kier molecular flexibility index (Phi) is 5.10. The number of likely N-dealkylation sites (tertiary alicyclic amines) is 1. The standard InChI is InChI=1S/C18H28N2/c1-2-5-17(6-3-1)14-20-12-4-7-18(15-20)13-16-8-10-19-11-9-16/h1-3,5-6,16,18-19H,4,7-15H2. The summed E-state index contributed by atoms with van der Waals surface area (Å²) in [6, 6.07) is 10.9. The molecule has 110 valence electrons. The lowest BCUT2D eigenvalue weighted by molar-refractivity contribution is 0.142. The van der Waals surface area contributed by atoms with Crippen molar-refractivity contribution in [3.8, 4) is 0 Å². The molecule has 2 heteroatoms. The average Bonchev–Trinajstić information content (AvgIpc) is 2.50. The van der Waals surface area contributed by atoms with Crippen LogP contribution in [0.4, 0.5) is 0 Å². The van der Waals surface area contributed by atoms with Crippen molar-refractivity contribution in [2.45, 2.75) is 38.6 Å². The maximum atomic E-state index is 3.48. The Morgan fingerprint density at radius 2 is 1.80 bits per heavy atom. The van der Waals surface area contributed by atoms with Crippen LogP contribution in [0, 0.1) is 11.8 Å². The van der Waals surface area contributed by atoms with Gasteiger partial charge in [0.15, 0.2) is 0 Å². The summed E-state index contributed by atoms with van der Waals surface area (Å²) in [5, 5.41) is 3.48. The van der Waals surface area contributed by atoms with Crippen LogP contribution in [0.2, 0.25) is 0 Å². The van der Waals surface area contributed by atoms with E-state index in [1.807, 2.05) is 0 Å². The number of piperidine rings is 2. The van der Waals surface area contributed by atoms with E-state index in [1.54, 1.807) is 0 Å². The van der Waals surface area contributed by atoms with Gasteiger partial charge in [0.05, 0.1) is 0 Å². The lowest BCUT2D eigenvalue weighted by Crippen LogP contribution is -2.37. The first-order valence-corrected chi connectivity index (χ1v) is 8.37. The van der Waals surface area contributed by atoms with E-state index in [2.05, 4.69) is 40.5 Å². The van der Waals surface area contributed by atoms with Crippen LogP contribution >= 0.6 is 0 Å². The lowest BCUT2D eigenvalue weighted by atomic mass is 9.84. The lowest BCUT2D eigenvalue weighted by Gasteiger charge is -2.35. The Balaban J connectivity index is 1.48. The molecule has 3 rings (SSSR count). The van der Waals surface area contributed by atoms with Crippen molar-refractivity contribution in [1.29, 1.82) is 0 Å². The van der Waals surface area contributed by atoms with Gasteiger partial charge in [0, 0.05) is 13.1 Å². The fourth-order valence-corrected chi connectivity index (χ4v) is 3.92. The molecule has 0 bridgehead atoms. The predicted octanol–water partition coefficient (Wildman–Crippen LogP) is 3.29. The Labute approximate surface area is 123 Å². The maximum Gasteiger partial charge on any atom is 0.0233 e. The van der Waals surface area contributed by atoms with Crippen molar-refractivity contribution in [2.75, 3.05) is 26.2 Å². The molecule has 2 heterocycles. The molecule has 2 nitrogen and oxygen atoms in total. The third-order valence-electron chi connectivity index (χ3n) is 4.98. The summed E-state index contributed by atoms with van der Waals surface area (Å²) in [6.45, 7) is 6.23. The van der Waals surface area contributed by atoms with Crippen molar-refractivity contribution >= 4 is 0 Å². The molecule has 2 aliphatic heterocycles. The highest BCUT2D eigenvalue weighted by atomic mass is 15.1. The highest BCUT2D eigenvalue weighted by Crippen LogP contribution is 2.28. The van der Waals surface area contributed by atoms with Gasteiger partial charge in [-0.3, -0.25) is 4.90 Å². The molecule has 0 aromatic heterocycles. The number of benzene rings is 1. The van der Waals surface area contributed by atoms with Crippen LogP contribution in [0.1, 0.15) is 37.7 Å². The highest BCUT2D eigenvalue weighted by molar-refractivity contribution is 5.14. The minimum absolute atomic E-state index is 0.940. The molecular formula is C18H28N2. The second kappa shape index (κ2) is 7.24. The number of hydrogen-bond donors (Lipinski definition) is 1. The number of rotatable bonds is 4. The van der Waals surface area contributed by atoms with E-state index in [9.17, 15) is 0 Å². The summed E-state index contributed by atoms with van der Waals surface area (Å²) in [4.78, 5) is 2.67. The molecule has 0 spiro atoms. The van der Waals surface area contributed by atoms with E-state index < -0.39 is 0 Å². The van der Waals surface area contributed by atoms with Gasteiger partial charge >= 0.3 is 0 Å². The number of nitrogens with one attached hydrogen (secondary N) is 1. The minimum atomic E-state index is 0.940. The van der Waals surface area contributed by atoms with Crippen LogP contribution in [-0.4, -0.2) is 31.1 Å². The van der Waals surface area contributed by atoms with E-state index >= 15 is 0 Å². The van der Waals surface area contributed by atoms with E-state index in [-0.39, 0.29) is 0 Å². The van der Waals surface area contributed by atoms with Crippen molar-refractivity contribution in [3.63, 3.8) is 0 Å². The molecule has 1 aromatic rings. The first-order valence-electron chi connectivity index (χ1n) is 8.37. The van der Waals surface area contributed by atoms with Gasteiger partial charge in [0.2, 0.25) is 0 Å². The van der Waals surface area contributed by atoms with E-state index in [1.165, 1.54) is 63.8 Å². The second-order valence-corrected chi connectivity index (χ2v) is 6.66. The van der Waals surface area contributed by atoms with Crippen molar-refractivity contribution < 1.29 is 0 Å². The van der Waals surface area contributed by atoms with E-state index in [0.29, 0.717) is 0 Å². The third kappa shape index (κ3) is 4.07. The number of hydrogen-bond acceptors (Lipinski definition) is 2. The molecule has 20 heavy (non-hydrogen) atoms. The van der Waals surface area contributed by atoms with Gasteiger partial charge in [0.25, 0.3) is 0 Å². The molecule has 1 N–H and O–H groups in total. The zero-order valence-corrected chi connectivity index (χ0v) is 12.6. The Bertz CT molecular complexity index is 384. The molecule has 0 radical (unpaired) electrons. The zero-order chi connectivity index (χ0) is 13.6. The van der Waals surface area contributed by atoms with Crippen LogP contribution in [-0.2, 0) is 6.54 Å². The summed E-state index contributed by atoms with van der Waals surface area (Å²) in [6.07, 6.45) is 7.11. The molecule has 1 atom stereocenters. The SMILES string of the molecule is c1ccc(CN2CCCC(CC3CCNCC3)C2)cc1.